The van der Waals surface area contributed by atoms with E-state index in [0.29, 0.717) is 6.04 Å². The Bertz CT molecular complexity index is 364. The van der Waals surface area contributed by atoms with Gasteiger partial charge < -0.3 is 5.73 Å². The van der Waals surface area contributed by atoms with Crippen molar-refractivity contribution in [2.75, 3.05) is 31.9 Å². The lowest BCUT2D eigenvalue weighted by Crippen LogP contribution is -2.51. The largest absolute Gasteiger partial charge is 0.398 e. The maximum absolute atomic E-state index is 5.99. The number of hydrogen-bond donors (Lipinski definition) is 1. The summed E-state index contributed by atoms with van der Waals surface area (Å²) in [6, 6.07) is 8.83. The van der Waals surface area contributed by atoms with Gasteiger partial charge in [-0.1, -0.05) is 25.1 Å². The highest BCUT2D eigenvalue weighted by atomic mass is 15.3. The van der Waals surface area contributed by atoms with Crippen LogP contribution in [0.15, 0.2) is 24.3 Å². The molecule has 94 valence electrons. The van der Waals surface area contributed by atoms with Crippen LogP contribution in [-0.4, -0.2) is 42.0 Å². The molecule has 0 bridgehead atoms. The Morgan fingerprint density at radius 2 is 2.06 bits per heavy atom. The van der Waals surface area contributed by atoms with Crippen LogP contribution in [0.1, 0.15) is 19.4 Å². The van der Waals surface area contributed by atoms with Crippen molar-refractivity contribution in [3.8, 4) is 0 Å². The maximum atomic E-state index is 5.99. The topological polar surface area (TPSA) is 32.5 Å². The summed E-state index contributed by atoms with van der Waals surface area (Å²) in [5.74, 6) is 0. The minimum absolute atomic E-state index is 0.652. The van der Waals surface area contributed by atoms with Gasteiger partial charge in [0.1, 0.15) is 0 Å². The highest BCUT2D eigenvalue weighted by Gasteiger charge is 2.22. The van der Waals surface area contributed by atoms with Crippen molar-refractivity contribution in [2.24, 2.45) is 0 Å². The summed E-state index contributed by atoms with van der Waals surface area (Å²) in [5.41, 5.74) is 8.16. The first-order chi connectivity index (χ1) is 8.20. The molecule has 17 heavy (non-hydrogen) atoms. The first kappa shape index (κ1) is 12.4. The Balaban J connectivity index is 1.95. The number of likely N-dealkylation sites (N-methyl/N-ethyl adjacent to an activating group) is 1. The van der Waals surface area contributed by atoms with Crippen LogP contribution in [0.3, 0.4) is 0 Å². The van der Waals surface area contributed by atoms with Crippen LogP contribution in [0.4, 0.5) is 5.69 Å². The van der Waals surface area contributed by atoms with Crippen molar-refractivity contribution >= 4 is 5.69 Å². The third kappa shape index (κ3) is 2.99. The molecule has 1 fully saturated rings. The summed E-state index contributed by atoms with van der Waals surface area (Å²) in [7, 11) is 0. The average molecular weight is 233 g/mol. The molecule has 1 unspecified atom stereocenters. The van der Waals surface area contributed by atoms with Crippen LogP contribution < -0.4 is 5.73 Å². The molecule has 3 nitrogen and oxygen atoms in total. The van der Waals surface area contributed by atoms with Crippen LogP contribution in [0.25, 0.3) is 0 Å². The van der Waals surface area contributed by atoms with Gasteiger partial charge in [-0.25, -0.2) is 0 Å². The third-order valence-corrected chi connectivity index (χ3v) is 3.70. The fourth-order valence-electron chi connectivity index (χ4n) is 2.60. The van der Waals surface area contributed by atoms with Crippen LogP contribution in [0, 0.1) is 0 Å². The number of anilines is 1. The maximum Gasteiger partial charge on any atom is 0.0359 e. The number of rotatable bonds is 3. The summed E-state index contributed by atoms with van der Waals surface area (Å²) < 4.78 is 0. The van der Waals surface area contributed by atoms with E-state index in [-0.39, 0.29) is 0 Å². The monoisotopic (exact) mass is 233 g/mol. The Kier molecular flexibility index (Phi) is 4.02. The molecule has 1 aliphatic rings. The van der Waals surface area contributed by atoms with Crippen LogP contribution in [-0.2, 0) is 6.54 Å². The normalized spacial score (nSPS) is 22.8. The fraction of sp³-hybridized carbons (Fsp3) is 0.571. The molecule has 3 heteroatoms. The SMILES string of the molecule is CCN1CCN(Cc2ccccc2N)CC1C. The second-order valence-corrected chi connectivity index (χ2v) is 4.91. The summed E-state index contributed by atoms with van der Waals surface area (Å²) in [6.07, 6.45) is 0. The van der Waals surface area contributed by atoms with E-state index in [1.165, 1.54) is 12.1 Å². The molecule has 1 heterocycles. The Morgan fingerprint density at radius 3 is 2.71 bits per heavy atom. The van der Waals surface area contributed by atoms with Crippen molar-refractivity contribution < 1.29 is 0 Å². The van der Waals surface area contributed by atoms with Gasteiger partial charge in [0.15, 0.2) is 0 Å². The highest BCUT2D eigenvalue weighted by Crippen LogP contribution is 2.16. The van der Waals surface area contributed by atoms with Gasteiger partial charge in [-0.15, -0.1) is 0 Å². The molecule has 0 radical (unpaired) electrons. The van der Waals surface area contributed by atoms with Gasteiger partial charge in [-0.2, -0.15) is 0 Å². The predicted molar refractivity (Wildman–Crippen MR) is 72.8 cm³/mol. The van der Waals surface area contributed by atoms with E-state index in [4.69, 9.17) is 5.73 Å². The molecule has 0 spiro atoms. The molecule has 0 saturated carbocycles. The number of hydrogen-bond acceptors (Lipinski definition) is 3. The molecular formula is C14H23N3. The quantitative estimate of drug-likeness (QED) is 0.808. The predicted octanol–water partition coefficient (Wildman–Crippen LogP) is 1.79. The van der Waals surface area contributed by atoms with E-state index in [1.54, 1.807) is 0 Å². The van der Waals surface area contributed by atoms with Crippen LogP contribution in [0.5, 0.6) is 0 Å². The van der Waals surface area contributed by atoms with E-state index < -0.39 is 0 Å². The Labute approximate surface area is 104 Å². The molecule has 1 atom stereocenters. The van der Waals surface area contributed by atoms with Gasteiger partial charge in [-0.05, 0) is 25.1 Å². The lowest BCUT2D eigenvalue weighted by molar-refractivity contribution is 0.0836. The Hall–Kier alpha value is -1.06. The smallest absolute Gasteiger partial charge is 0.0359 e. The van der Waals surface area contributed by atoms with Gasteiger partial charge in [0.2, 0.25) is 0 Å². The second-order valence-electron chi connectivity index (χ2n) is 4.91. The second kappa shape index (κ2) is 5.52. The fourth-order valence-corrected chi connectivity index (χ4v) is 2.60. The minimum atomic E-state index is 0.652. The number of piperazine rings is 1. The van der Waals surface area contributed by atoms with Gasteiger partial charge in [0.25, 0.3) is 0 Å². The molecule has 2 rings (SSSR count). The van der Waals surface area contributed by atoms with E-state index in [2.05, 4.69) is 35.8 Å². The number of nitrogens with zero attached hydrogens (tertiary/aromatic N) is 2. The van der Waals surface area contributed by atoms with Gasteiger partial charge in [0, 0.05) is 37.9 Å². The van der Waals surface area contributed by atoms with Gasteiger partial charge >= 0.3 is 0 Å². The average Bonchev–Trinajstić information content (AvgIpc) is 2.32. The van der Waals surface area contributed by atoms with E-state index >= 15 is 0 Å². The van der Waals surface area contributed by atoms with Crippen molar-refractivity contribution in [3.05, 3.63) is 29.8 Å². The minimum Gasteiger partial charge on any atom is -0.398 e. The first-order valence-electron chi connectivity index (χ1n) is 6.50. The van der Waals surface area contributed by atoms with Gasteiger partial charge in [-0.3, -0.25) is 9.80 Å². The summed E-state index contributed by atoms with van der Waals surface area (Å²) in [4.78, 5) is 5.04. The summed E-state index contributed by atoms with van der Waals surface area (Å²) >= 11 is 0. The van der Waals surface area contributed by atoms with Crippen molar-refractivity contribution in [3.63, 3.8) is 0 Å². The van der Waals surface area contributed by atoms with E-state index in [0.717, 1.165) is 31.9 Å². The third-order valence-electron chi connectivity index (χ3n) is 3.70. The lowest BCUT2D eigenvalue weighted by atomic mass is 10.1. The number of nitrogens with two attached hydrogens (primary N) is 1. The van der Waals surface area contributed by atoms with Crippen LogP contribution >= 0.6 is 0 Å². The van der Waals surface area contributed by atoms with Crippen LogP contribution in [0.2, 0.25) is 0 Å². The summed E-state index contributed by atoms with van der Waals surface area (Å²) in [5, 5.41) is 0. The zero-order chi connectivity index (χ0) is 12.3. The molecule has 1 aromatic carbocycles. The Morgan fingerprint density at radius 1 is 1.29 bits per heavy atom. The van der Waals surface area contributed by atoms with Crippen molar-refractivity contribution in [1.82, 2.24) is 9.80 Å². The standard InChI is InChI=1S/C14H23N3/c1-3-17-9-8-16(10-12(17)2)11-13-6-4-5-7-14(13)15/h4-7,12H,3,8-11,15H2,1-2H3. The zero-order valence-corrected chi connectivity index (χ0v) is 10.9. The molecule has 1 saturated heterocycles. The molecule has 0 aliphatic carbocycles. The zero-order valence-electron chi connectivity index (χ0n) is 10.9. The molecule has 0 aromatic heterocycles. The van der Waals surface area contributed by atoms with Crippen molar-refractivity contribution in [1.29, 1.82) is 0 Å². The van der Waals surface area contributed by atoms with E-state index in [9.17, 15) is 0 Å². The number of nitrogen functional groups attached to an aromatic ring is 1. The number of para-hydroxylation sites is 1. The number of benzene rings is 1. The summed E-state index contributed by atoms with van der Waals surface area (Å²) in [6.45, 7) is 10.1. The van der Waals surface area contributed by atoms with Gasteiger partial charge in [0.05, 0.1) is 0 Å². The molecule has 1 aromatic rings. The first-order valence-corrected chi connectivity index (χ1v) is 6.50. The van der Waals surface area contributed by atoms with Crippen molar-refractivity contribution in [2.45, 2.75) is 26.4 Å². The molecule has 0 amide bonds. The highest BCUT2D eigenvalue weighted by molar-refractivity contribution is 5.46. The molecule has 2 N–H and O–H groups in total. The lowest BCUT2D eigenvalue weighted by Gasteiger charge is -2.39. The van der Waals surface area contributed by atoms with E-state index in [1.807, 2.05) is 12.1 Å². The molecular weight excluding hydrogens is 210 g/mol. The molecule has 1 aliphatic heterocycles.